The molecular weight excluding hydrogens is 260 g/mol. The van der Waals surface area contributed by atoms with Crippen LogP contribution in [0.15, 0.2) is 15.7 Å². The molecule has 6 heteroatoms. The normalized spacial score (nSPS) is 22.2. The molecule has 94 valence electrons. The first-order valence-corrected chi connectivity index (χ1v) is 7.95. The molecule has 0 spiro atoms. The Bertz CT molecular complexity index is 527. The maximum absolute atomic E-state index is 11.8. The third-order valence-electron chi connectivity index (χ3n) is 2.67. The van der Waals surface area contributed by atoms with Crippen LogP contribution in [0.2, 0.25) is 0 Å². The standard InChI is InChI=1S/C11H14O4S2/c1-7(2)10(12)15-9-4-6-17(13,14)11-8(9)3-5-16-11/h3,5,7,9H,4,6H2,1-2H3/t9-/m0/s1. The zero-order valence-corrected chi connectivity index (χ0v) is 11.3. The summed E-state index contributed by atoms with van der Waals surface area (Å²) < 4.78 is 29.2. The molecule has 1 aromatic heterocycles. The maximum atomic E-state index is 11.8. The van der Waals surface area contributed by atoms with Crippen molar-refractivity contribution in [2.45, 2.75) is 30.6 Å². The Morgan fingerprint density at radius 3 is 2.88 bits per heavy atom. The molecule has 0 amide bonds. The van der Waals surface area contributed by atoms with E-state index >= 15 is 0 Å². The summed E-state index contributed by atoms with van der Waals surface area (Å²) in [6, 6.07) is 1.73. The maximum Gasteiger partial charge on any atom is 0.308 e. The van der Waals surface area contributed by atoms with E-state index in [1.807, 2.05) is 0 Å². The van der Waals surface area contributed by atoms with Gasteiger partial charge in [0.25, 0.3) is 0 Å². The summed E-state index contributed by atoms with van der Waals surface area (Å²) >= 11 is 1.19. The Kier molecular flexibility index (Phi) is 3.27. The minimum absolute atomic E-state index is 0.0521. The number of thiophene rings is 1. The van der Waals surface area contributed by atoms with E-state index in [0.29, 0.717) is 16.2 Å². The van der Waals surface area contributed by atoms with E-state index in [-0.39, 0.29) is 17.6 Å². The lowest BCUT2D eigenvalue weighted by molar-refractivity contribution is -0.153. The Balaban J connectivity index is 2.27. The number of rotatable bonds is 2. The van der Waals surface area contributed by atoms with Gasteiger partial charge >= 0.3 is 5.97 Å². The molecule has 0 saturated heterocycles. The van der Waals surface area contributed by atoms with Crippen molar-refractivity contribution in [3.63, 3.8) is 0 Å². The van der Waals surface area contributed by atoms with Crippen LogP contribution in [0, 0.1) is 5.92 Å². The van der Waals surface area contributed by atoms with Crippen LogP contribution in [0.25, 0.3) is 0 Å². The van der Waals surface area contributed by atoms with Gasteiger partial charge in [-0.15, -0.1) is 11.3 Å². The van der Waals surface area contributed by atoms with Crippen LogP contribution in [-0.2, 0) is 19.4 Å². The molecule has 0 saturated carbocycles. The molecule has 1 aliphatic rings. The second-order valence-corrected chi connectivity index (χ2v) is 7.57. The lowest BCUT2D eigenvalue weighted by Gasteiger charge is -2.23. The smallest absolute Gasteiger partial charge is 0.308 e. The van der Waals surface area contributed by atoms with Gasteiger partial charge in [-0.05, 0) is 11.4 Å². The van der Waals surface area contributed by atoms with Crippen molar-refractivity contribution in [2.24, 2.45) is 5.92 Å². The summed E-state index contributed by atoms with van der Waals surface area (Å²) in [5, 5.41) is 1.73. The van der Waals surface area contributed by atoms with Gasteiger partial charge in [0.1, 0.15) is 10.3 Å². The Labute approximate surface area is 105 Å². The number of hydrogen-bond donors (Lipinski definition) is 0. The molecule has 17 heavy (non-hydrogen) atoms. The first-order chi connectivity index (χ1) is 7.92. The first kappa shape index (κ1) is 12.6. The molecule has 0 unspecified atom stereocenters. The number of hydrogen-bond acceptors (Lipinski definition) is 5. The summed E-state index contributed by atoms with van der Waals surface area (Å²) in [4.78, 5) is 11.5. The quantitative estimate of drug-likeness (QED) is 0.775. The fourth-order valence-electron chi connectivity index (χ4n) is 1.71. The SMILES string of the molecule is CC(C)C(=O)O[C@H]1CCS(=O)(=O)c2sccc21. The molecule has 1 aromatic rings. The van der Waals surface area contributed by atoms with Crippen molar-refractivity contribution in [3.05, 3.63) is 17.0 Å². The average molecular weight is 274 g/mol. The lowest BCUT2D eigenvalue weighted by atomic mass is 10.1. The van der Waals surface area contributed by atoms with E-state index in [4.69, 9.17) is 4.74 Å². The number of fused-ring (bicyclic) bond motifs is 1. The summed E-state index contributed by atoms with van der Waals surface area (Å²) in [6.07, 6.45) is -0.0560. The highest BCUT2D eigenvalue weighted by Gasteiger charge is 2.33. The second-order valence-electron chi connectivity index (χ2n) is 4.35. The third-order valence-corrected chi connectivity index (χ3v) is 6.01. The minimum atomic E-state index is -3.16. The van der Waals surface area contributed by atoms with Crippen LogP contribution in [0.3, 0.4) is 0 Å². The van der Waals surface area contributed by atoms with Gasteiger partial charge in [-0.1, -0.05) is 13.8 Å². The van der Waals surface area contributed by atoms with Crippen LogP contribution >= 0.6 is 11.3 Å². The van der Waals surface area contributed by atoms with Crippen molar-refractivity contribution in [3.8, 4) is 0 Å². The largest absolute Gasteiger partial charge is 0.457 e. The van der Waals surface area contributed by atoms with Gasteiger partial charge in [0.2, 0.25) is 0 Å². The molecule has 2 rings (SSSR count). The Morgan fingerprint density at radius 2 is 2.24 bits per heavy atom. The molecule has 4 nitrogen and oxygen atoms in total. The summed E-state index contributed by atoms with van der Waals surface area (Å²) in [5.41, 5.74) is 0.634. The second kappa shape index (κ2) is 4.42. The summed E-state index contributed by atoms with van der Waals surface area (Å²) in [5.74, 6) is -0.432. The van der Waals surface area contributed by atoms with Crippen molar-refractivity contribution in [2.75, 3.05) is 5.75 Å². The van der Waals surface area contributed by atoms with Gasteiger partial charge in [0.15, 0.2) is 9.84 Å². The average Bonchev–Trinajstić information content (AvgIpc) is 2.72. The van der Waals surface area contributed by atoms with Crippen LogP contribution in [0.5, 0.6) is 0 Å². The Morgan fingerprint density at radius 1 is 1.53 bits per heavy atom. The van der Waals surface area contributed by atoms with Gasteiger partial charge in [-0.2, -0.15) is 0 Å². The fraction of sp³-hybridized carbons (Fsp3) is 0.545. The molecule has 2 heterocycles. The monoisotopic (exact) mass is 274 g/mol. The number of ether oxygens (including phenoxy) is 1. The third kappa shape index (κ3) is 2.37. The predicted molar refractivity (Wildman–Crippen MR) is 64.7 cm³/mol. The first-order valence-electron chi connectivity index (χ1n) is 5.42. The number of sulfone groups is 1. The molecule has 0 aromatic carbocycles. The fourth-order valence-corrected chi connectivity index (χ4v) is 4.65. The van der Waals surface area contributed by atoms with Crippen molar-refractivity contribution >= 4 is 27.1 Å². The van der Waals surface area contributed by atoms with Crippen LogP contribution < -0.4 is 0 Å². The van der Waals surface area contributed by atoms with E-state index < -0.39 is 15.9 Å². The molecule has 0 aliphatic carbocycles. The number of carbonyl (C=O) groups is 1. The zero-order valence-electron chi connectivity index (χ0n) is 9.67. The molecule has 1 aliphatic heterocycles. The lowest BCUT2D eigenvalue weighted by Crippen LogP contribution is -2.23. The van der Waals surface area contributed by atoms with E-state index in [9.17, 15) is 13.2 Å². The molecule has 0 N–H and O–H groups in total. The number of esters is 1. The van der Waals surface area contributed by atoms with E-state index in [1.54, 1.807) is 25.3 Å². The van der Waals surface area contributed by atoms with Crippen LogP contribution in [0.1, 0.15) is 31.9 Å². The van der Waals surface area contributed by atoms with Gasteiger partial charge in [0.05, 0.1) is 11.7 Å². The van der Waals surface area contributed by atoms with Crippen LogP contribution in [-0.4, -0.2) is 20.1 Å². The van der Waals surface area contributed by atoms with Gasteiger partial charge < -0.3 is 4.74 Å². The molecule has 0 fully saturated rings. The Hall–Kier alpha value is -0.880. The molecule has 0 bridgehead atoms. The molecule has 0 radical (unpaired) electrons. The summed E-state index contributed by atoms with van der Waals surface area (Å²) in [6.45, 7) is 3.52. The van der Waals surface area contributed by atoms with Gasteiger partial charge in [0, 0.05) is 12.0 Å². The topological polar surface area (TPSA) is 60.4 Å². The van der Waals surface area contributed by atoms with E-state index in [0.717, 1.165) is 0 Å². The predicted octanol–water partition coefficient (Wildman–Crippen LogP) is 2.17. The number of carbonyl (C=O) groups excluding carboxylic acids is 1. The highest BCUT2D eigenvalue weighted by Crippen LogP contribution is 2.38. The van der Waals surface area contributed by atoms with Gasteiger partial charge in [-0.3, -0.25) is 4.79 Å². The van der Waals surface area contributed by atoms with Crippen molar-refractivity contribution in [1.82, 2.24) is 0 Å². The minimum Gasteiger partial charge on any atom is -0.457 e. The molecular formula is C11H14O4S2. The van der Waals surface area contributed by atoms with Crippen molar-refractivity contribution < 1.29 is 17.9 Å². The highest BCUT2D eigenvalue weighted by atomic mass is 32.2. The zero-order chi connectivity index (χ0) is 12.6. The highest BCUT2D eigenvalue weighted by molar-refractivity contribution is 7.93. The van der Waals surface area contributed by atoms with Crippen LogP contribution in [0.4, 0.5) is 0 Å². The molecule has 1 atom stereocenters. The van der Waals surface area contributed by atoms with E-state index in [1.165, 1.54) is 11.3 Å². The summed E-state index contributed by atoms with van der Waals surface area (Å²) in [7, 11) is -3.16. The van der Waals surface area contributed by atoms with E-state index in [2.05, 4.69) is 0 Å². The van der Waals surface area contributed by atoms with Crippen molar-refractivity contribution in [1.29, 1.82) is 0 Å². The van der Waals surface area contributed by atoms with Gasteiger partial charge in [-0.25, -0.2) is 8.42 Å².